The van der Waals surface area contributed by atoms with Gasteiger partial charge < -0.3 is 10.1 Å². The Kier molecular flexibility index (Phi) is 3.07. The quantitative estimate of drug-likeness (QED) is 0.706. The van der Waals surface area contributed by atoms with Crippen molar-refractivity contribution in [2.75, 3.05) is 6.54 Å². The molecule has 2 heterocycles. The minimum Gasteiger partial charge on any atom is -0.497 e. The number of aromatic amines is 1. The number of H-pyrrole nitrogens is 1. The molecule has 76 valence electrons. The summed E-state index contributed by atoms with van der Waals surface area (Å²) in [6, 6.07) is 0. The van der Waals surface area contributed by atoms with E-state index in [9.17, 15) is 0 Å². The van der Waals surface area contributed by atoms with E-state index in [-0.39, 0.29) is 6.10 Å². The molecule has 1 aromatic rings. The molecule has 0 radical (unpaired) electrons. The molecule has 0 amide bonds. The first-order chi connectivity index (χ1) is 6.95. The standard InChI is InChI=1S/C8H13N5O/c1-2-4-14-7(3-1)5-9-6-8-10-12-13-11-8/h2,4,7,9H,1,3,5-6H2,(H,10,11,12,13). The third-order valence-corrected chi connectivity index (χ3v) is 2.07. The highest BCUT2D eigenvalue weighted by atomic mass is 16.5. The average molecular weight is 195 g/mol. The lowest BCUT2D eigenvalue weighted by Crippen LogP contribution is -2.29. The lowest BCUT2D eigenvalue weighted by atomic mass is 10.1. The highest BCUT2D eigenvalue weighted by molar-refractivity contribution is 4.83. The van der Waals surface area contributed by atoms with Crippen molar-refractivity contribution >= 4 is 0 Å². The summed E-state index contributed by atoms with van der Waals surface area (Å²) in [6.07, 6.45) is 6.23. The van der Waals surface area contributed by atoms with Gasteiger partial charge in [-0.1, -0.05) is 5.21 Å². The van der Waals surface area contributed by atoms with Crippen LogP contribution < -0.4 is 5.32 Å². The van der Waals surface area contributed by atoms with Gasteiger partial charge in [-0.3, -0.25) is 0 Å². The number of allylic oxidation sites excluding steroid dienone is 1. The second-order valence-electron chi connectivity index (χ2n) is 3.17. The van der Waals surface area contributed by atoms with Gasteiger partial charge in [-0.15, -0.1) is 10.2 Å². The lowest BCUT2D eigenvalue weighted by Gasteiger charge is -2.19. The maximum absolute atomic E-state index is 5.39. The number of tetrazole rings is 1. The third kappa shape index (κ3) is 2.53. The van der Waals surface area contributed by atoms with Gasteiger partial charge >= 0.3 is 0 Å². The first kappa shape index (κ1) is 9.14. The van der Waals surface area contributed by atoms with E-state index in [0.717, 1.165) is 19.4 Å². The van der Waals surface area contributed by atoms with Crippen molar-refractivity contribution in [2.45, 2.75) is 25.5 Å². The fourth-order valence-corrected chi connectivity index (χ4v) is 1.34. The van der Waals surface area contributed by atoms with Crippen LogP contribution in [0.5, 0.6) is 0 Å². The van der Waals surface area contributed by atoms with Crippen LogP contribution in [0.4, 0.5) is 0 Å². The van der Waals surface area contributed by atoms with E-state index in [0.29, 0.717) is 12.4 Å². The van der Waals surface area contributed by atoms with E-state index in [1.54, 1.807) is 6.26 Å². The molecule has 0 spiro atoms. The molecule has 0 saturated heterocycles. The van der Waals surface area contributed by atoms with Crippen LogP contribution in [0.3, 0.4) is 0 Å². The summed E-state index contributed by atoms with van der Waals surface area (Å²) in [4.78, 5) is 0. The van der Waals surface area contributed by atoms with Crippen LogP contribution in [-0.2, 0) is 11.3 Å². The Labute approximate surface area is 81.7 Å². The van der Waals surface area contributed by atoms with Gasteiger partial charge in [0.15, 0.2) is 5.82 Å². The average Bonchev–Trinajstić information content (AvgIpc) is 2.72. The number of hydrogen-bond acceptors (Lipinski definition) is 5. The monoisotopic (exact) mass is 195 g/mol. The smallest absolute Gasteiger partial charge is 0.188 e. The number of nitrogens with zero attached hydrogens (tertiary/aromatic N) is 3. The van der Waals surface area contributed by atoms with Gasteiger partial charge in [0.2, 0.25) is 0 Å². The van der Waals surface area contributed by atoms with Gasteiger partial charge in [-0.05, 0) is 18.9 Å². The van der Waals surface area contributed by atoms with Crippen LogP contribution in [0.1, 0.15) is 18.7 Å². The number of rotatable bonds is 4. The van der Waals surface area contributed by atoms with E-state index in [1.165, 1.54) is 0 Å². The van der Waals surface area contributed by atoms with Gasteiger partial charge in [-0.25, -0.2) is 0 Å². The number of hydrogen-bond donors (Lipinski definition) is 2. The van der Waals surface area contributed by atoms with E-state index in [4.69, 9.17) is 4.74 Å². The summed E-state index contributed by atoms with van der Waals surface area (Å²) in [7, 11) is 0. The van der Waals surface area contributed by atoms with Crippen molar-refractivity contribution in [2.24, 2.45) is 0 Å². The van der Waals surface area contributed by atoms with Gasteiger partial charge in [0, 0.05) is 6.54 Å². The van der Waals surface area contributed by atoms with Crippen molar-refractivity contribution in [1.29, 1.82) is 0 Å². The van der Waals surface area contributed by atoms with Crippen molar-refractivity contribution in [1.82, 2.24) is 25.9 Å². The Hall–Kier alpha value is -1.43. The summed E-state index contributed by atoms with van der Waals surface area (Å²) < 4.78 is 5.39. The molecular formula is C8H13N5O. The second kappa shape index (κ2) is 4.71. The first-order valence-corrected chi connectivity index (χ1v) is 4.68. The van der Waals surface area contributed by atoms with E-state index in [1.807, 2.05) is 6.08 Å². The molecule has 6 heteroatoms. The Morgan fingerprint density at radius 3 is 3.36 bits per heavy atom. The molecule has 0 aromatic carbocycles. The zero-order valence-electron chi connectivity index (χ0n) is 7.81. The summed E-state index contributed by atoms with van der Waals surface area (Å²) in [5, 5.41) is 16.8. The number of aromatic nitrogens is 4. The molecule has 6 nitrogen and oxygen atoms in total. The molecule has 2 rings (SSSR count). The first-order valence-electron chi connectivity index (χ1n) is 4.68. The van der Waals surface area contributed by atoms with Crippen LogP contribution in [0.2, 0.25) is 0 Å². The van der Waals surface area contributed by atoms with Gasteiger partial charge in [0.25, 0.3) is 0 Å². The lowest BCUT2D eigenvalue weighted by molar-refractivity contribution is 0.122. The van der Waals surface area contributed by atoms with Crippen LogP contribution in [-0.4, -0.2) is 33.3 Å². The minimum absolute atomic E-state index is 0.270. The number of ether oxygens (including phenoxy) is 1. The Morgan fingerprint density at radius 1 is 1.64 bits per heavy atom. The summed E-state index contributed by atoms with van der Waals surface area (Å²) in [5.74, 6) is 0.677. The Morgan fingerprint density at radius 2 is 2.64 bits per heavy atom. The summed E-state index contributed by atoms with van der Waals surface area (Å²) in [6.45, 7) is 1.44. The maximum Gasteiger partial charge on any atom is 0.188 e. The third-order valence-electron chi connectivity index (χ3n) is 2.07. The van der Waals surface area contributed by atoms with Crippen molar-refractivity contribution in [3.63, 3.8) is 0 Å². The van der Waals surface area contributed by atoms with E-state index < -0.39 is 0 Å². The molecule has 1 aromatic heterocycles. The molecule has 0 aliphatic carbocycles. The minimum atomic E-state index is 0.270. The Balaban J connectivity index is 1.65. The zero-order chi connectivity index (χ0) is 9.64. The molecule has 1 unspecified atom stereocenters. The molecular weight excluding hydrogens is 182 g/mol. The molecule has 1 aliphatic heterocycles. The summed E-state index contributed by atoms with van der Waals surface area (Å²) >= 11 is 0. The predicted molar refractivity (Wildman–Crippen MR) is 49.1 cm³/mol. The predicted octanol–water partition coefficient (Wildman–Crippen LogP) is -0.0180. The van der Waals surface area contributed by atoms with E-state index >= 15 is 0 Å². The molecule has 0 saturated carbocycles. The van der Waals surface area contributed by atoms with Crippen LogP contribution in [0.15, 0.2) is 12.3 Å². The van der Waals surface area contributed by atoms with Gasteiger partial charge in [-0.2, -0.15) is 5.21 Å². The highest BCUT2D eigenvalue weighted by Gasteiger charge is 2.10. The SMILES string of the molecule is C1=COC(CNCc2nn[nH]n2)CC1. The van der Waals surface area contributed by atoms with Crippen molar-refractivity contribution in [3.05, 3.63) is 18.2 Å². The van der Waals surface area contributed by atoms with E-state index in [2.05, 4.69) is 25.9 Å². The molecule has 2 N–H and O–H groups in total. The van der Waals surface area contributed by atoms with Gasteiger partial charge in [0.05, 0.1) is 12.8 Å². The van der Waals surface area contributed by atoms with Crippen LogP contribution in [0.25, 0.3) is 0 Å². The topological polar surface area (TPSA) is 75.7 Å². The van der Waals surface area contributed by atoms with Crippen molar-refractivity contribution in [3.8, 4) is 0 Å². The van der Waals surface area contributed by atoms with Crippen LogP contribution >= 0.6 is 0 Å². The Bertz CT molecular complexity index is 284. The normalized spacial score (nSPS) is 20.7. The van der Waals surface area contributed by atoms with Crippen molar-refractivity contribution < 1.29 is 4.74 Å². The fourth-order valence-electron chi connectivity index (χ4n) is 1.34. The molecule has 0 fully saturated rings. The van der Waals surface area contributed by atoms with Gasteiger partial charge in [0.1, 0.15) is 6.10 Å². The largest absolute Gasteiger partial charge is 0.497 e. The fraction of sp³-hybridized carbons (Fsp3) is 0.625. The zero-order valence-corrected chi connectivity index (χ0v) is 7.81. The summed E-state index contributed by atoms with van der Waals surface area (Å²) in [5.41, 5.74) is 0. The maximum atomic E-state index is 5.39. The second-order valence-corrected chi connectivity index (χ2v) is 3.17. The molecule has 14 heavy (non-hydrogen) atoms. The highest BCUT2D eigenvalue weighted by Crippen LogP contribution is 2.08. The van der Waals surface area contributed by atoms with Crippen LogP contribution in [0, 0.1) is 0 Å². The molecule has 1 atom stereocenters. The number of nitrogens with one attached hydrogen (secondary N) is 2. The molecule has 0 bridgehead atoms. The molecule has 1 aliphatic rings.